The van der Waals surface area contributed by atoms with Crippen LogP contribution >= 0.6 is 0 Å². The van der Waals surface area contributed by atoms with E-state index in [-0.39, 0.29) is 11.7 Å². The molecule has 3 aromatic rings. The lowest BCUT2D eigenvalue weighted by Crippen LogP contribution is -2.17. The summed E-state index contributed by atoms with van der Waals surface area (Å²) < 4.78 is 40.6. The van der Waals surface area contributed by atoms with Gasteiger partial charge in [0.1, 0.15) is 17.4 Å². The minimum Gasteiger partial charge on any atom is -0.406 e. The molecule has 0 amide bonds. The number of fused-ring (bicyclic) bond motifs is 1. The lowest BCUT2D eigenvalue weighted by molar-refractivity contribution is -0.274. The molecule has 3 rings (SSSR count). The van der Waals surface area contributed by atoms with Crippen LogP contribution in [0.4, 0.5) is 24.7 Å². The normalized spacial score (nSPS) is 11.8. The van der Waals surface area contributed by atoms with Crippen molar-refractivity contribution in [2.24, 2.45) is 0 Å². The molecule has 2 aromatic carbocycles. The minimum absolute atomic E-state index is 0.146. The number of alkyl halides is 3. The Bertz CT molecular complexity index is 877. The molecule has 1 heterocycles. The van der Waals surface area contributed by atoms with E-state index in [9.17, 15) is 13.2 Å². The van der Waals surface area contributed by atoms with Crippen molar-refractivity contribution in [3.8, 4) is 5.75 Å². The third-order valence-corrected chi connectivity index (χ3v) is 3.49. The quantitative estimate of drug-likeness (QED) is 0.687. The highest BCUT2D eigenvalue weighted by atomic mass is 19.4. The van der Waals surface area contributed by atoms with Gasteiger partial charge >= 0.3 is 6.36 Å². The highest BCUT2D eigenvalue weighted by molar-refractivity contribution is 5.90. The summed E-state index contributed by atoms with van der Waals surface area (Å²) in [5, 5.41) is 3.98. The molecule has 1 N–H and O–H groups in total. The van der Waals surface area contributed by atoms with Crippen molar-refractivity contribution in [1.29, 1.82) is 0 Å². The monoisotopic (exact) mass is 347 g/mol. The summed E-state index contributed by atoms with van der Waals surface area (Å²) in [7, 11) is 0. The van der Waals surface area contributed by atoms with Gasteiger partial charge in [-0.3, -0.25) is 0 Å². The summed E-state index contributed by atoms with van der Waals surface area (Å²) in [5.41, 5.74) is 1.41. The molecule has 0 atom stereocenters. The zero-order valence-electron chi connectivity index (χ0n) is 13.6. The minimum atomic E-state index is -4.70. The van der Waals surface area contributed by atoms with Gasteiger partial charge in [-0.2, -0.15) is 0 Å². The molecule has 25 heavy (non-hydrogen) atoms. The Balaban J connectivity index is 1.92. The standard InChI is InChI=1S/C18H16F3N3O/c1-11(2)16-23-15-6-4-3-5-14(15)17(24-16)22-12-7-9-13(10-8-12)25-18(19,20)21/h3-11H,1-2H3,(H,22,23,24). The van der Waals surface area contributed by atoms with E-state index >= 15 is 0 Å². The van der Waals surface area contributed by atoms with Gasteiger partial charge in [-0.25, -0.2) is 9.97 Å². The second kappa shape index (κ2) is 6.58. The van der Waals surface area contributed by atoms with Crippen LogP contribution in [0.5, 0.6) is 5.75 Å². The first-order valence-corrected chi connectivity index (χ1v) is 7.71. The maximum atomic E-state index is 12.2. The van der Waals surface area contributed by atoms with Crippen molar-refractivity contribution in [1.82, 2.24) is 9.97 Å². The molecule has 0 saturated heterocycles. The van der Waals surface area contributed by atoms with E-state index in [1.807, 2.05) is 38.1 Å². The Morgan fingerprint density at radius 2 is 1.64 bits per heavy atom. The summed E-state index contributed by atoms with van der Waals surface area (Å²) in [4.78, 5) is 9.08. The van der Waals surface area contributed by atoms with Gasteiger partial charge in [0.2, 0.25) is 0 Å². The Morgan fingerprint density at radius 1 is 0.960 bits per heavy atom. The molecule has 0 aliphatic rings. The van der Waals surface area contributed by atoms with E-state index in [0.29, 0.717) is 17.3 Å². The summed E-state index contributed by atoms with van der Waals surface area (Å²) in [6, 6.07) is 13.1. The van der Waals surface area contributed by atoms with E-state index in [1.165, 1.54) is 24.3 Å². The van der Waals surface area contributed by atoms with Crippen LogP contribution in [0.15, 0.2) is 48.5 Å². The number of rotatable bonds is 4. The Hall–Kier alpha value is -2.83. The summed E-state index contributed by atoms with van der Waals surface area (Å²) in [5.74, 6) is 1.18. The molecule has 0 spiro atoms. The Labute approximate surface area is 142 Å². The molecule has 0 fully saturated rings. The molecule has 0 aliphatic heterocycles. The number of ether oxygens (including phenoxy) is 1. The number of nitrogens with zero attached hydrogens (tertiary/aromatic N) is 2. The van der Waals surface area contributed by atoms with Gasteiger partial charge in [-0.05, 0) is 36.4 Å². The van der Waals surface area contributed by atoms with Gasteiger partial charge in [0.15, 0.2) is 0 Å². The van der Waals surface area contributed by atoms with Gasteiger partial charge in [-0.1, -0.05) is 26.0 Å². The van der Waals surface area contributed by atoms with E-state index in [2.05, 4.69) is 20.0 Å². The Kier molecular flexibility index (Phi) is 4.48. The highest BCUT2D eigenvalue weighted by Gasteiger charge is 2.30. The van der Waals surface area contributed by atoms with Crippen molar-refractivity contribution in [3.63, 3.8) is 0 Å². The van der Waals surface area contributed by atoms with Crippen molar-refractivity contribution >= 4 is 22.4 Å². The van der Waals surface area contributed by atoms with E-state index in [1.54, 1.807) is 0 Å². The van der Waals surface area contributed by atoms with E-state index in [4.69, 9.17) is 0 Å². The SMILES string of the molecule is CC(C)c1nc(Nc2ccc(OC(F)(F)F)cc2)c2ccccc2n1. The molecule has 7 heteroatoms. The average molecular weight is 347 g/mol. The lowest BCUT2D eigenvalue weighted by Gasteiger charge is -2.13. The van der Waals surface area contributed by atoms with Gasteiger partial charge in [0.05, 0.1) is 5.52 Å². The summed E-state index contributed by atoms with van der Waals surface area (Å²) >= 11 is 0. The molecule has 0 aliphatic carbocycles. The molecular formula is C18H16F3N3O. The third-order valence-electron chi connectivity index (χ3n) is 3.49. The number of para-hydroxylation sites is 1. The molecule has 1 aromatic heterocycles. The maximum absolute atomic E-state index is 12.2. The first-order valence-electron chi connectivity index (χ1n) is 7.71. The molecule has 0 unspecified atom stereocenters. The van der Waals surface area contributed by atoms with Gasteiger partial charge in [0, 0.05) is 17.0 Å². The second-order valence-electron chi connectivity index (χ2n) is 5.80. The smallest absolute Gasteiger partial charge is 0.406 e. The predicted molar refractivity (Wildman–Crippen MR) is 90.0 cm³/mol. The molecule has 0 radical (unpaired) electrons. The molecule has 0 saturated carbocycles. The molecule has 4 nitrogen and oxygen atoms in total. The van der Waals surface area contributed by atoms with Gasteiger partial charge in [-0.15, -0.1) is 13.2 Å². The van der Waals surface area contributed by atoms with Crippen LogP contribution in [0, 0.1) is 0 Å². The van der Waals surface area contributed by atoms with Crippen molar-refractivity contribution in [2.75, 3.05) is 5.32 Å². The summed E-state index contributed by atoms with van der Waals surface area (Å²) in [6.45, 7) is 3.99. The molecule has 0 bridgehead atoms. The fourth-order valence-electron chi connectivity index (χ4n) is 2.32. The largest absolute Gasteiger partial charge is 0.573 e. The van der Waals surface area contributed by atoms with Crippen molar-refractivity contribution in [3.05, 3.63) is 54.4 Å². The Morgan fingerprint density at radius 3 is 2.28 bits per heavy atom. The number of nitrogens with one attached hydrogen (secondary N) is 1. The number of halogens is 3. The van der Waals surface area contributed by atoms with Crippen molar-refractivity contribution in [2.45, 2.75) is 26.1 Å². The van der Waals surface area contributed by atoms with Crippen LogP contribution in [0.25, 0.3) is 10.9 Å². The van der Waals surface area contributed by atoms with Crippen LogP contribution in [0.2, 0.25) is 0 Å². The lowest BCUT2D eigenvalue weighted by atomic mass is 10.1. The van der Waals surface area contributed by atoms with Crippen molar-refractivity contribution < 1.29 is 17.9 Å². The fraction of sp³-hybridized carbons (Fsp3) is 0.222. The number of hydrogen-bond acceptors (Lipinski definition) is 4. The maximum Gasteiger partial charge on any atom is 0.573 e. The topological polar surface area (TPSA) is 47.0 Å². The van der Waals surface area contributed by atoms with Gasteiger partial charge < -0.3 is 10.1 Å². The van der Waals surface area contributed by atoms with Crippen LogP contribution < -0.4 is 10.1 Å². The fourth-order valence-corrected chi connectivity index (χ4v) is 2.32. The summed E-state index contributed by atoms with van der Waals surface area (Å²) in [6.07, 6.45) is -4.70. The van der Waals surface area contributed by atoms with Crippen LogP contribution in [0.1, 0.15) is 25.6 Å². The number of aromatic nitrogens is 2. The van der Waals surface area contributed by atoms with E-state index < -0.39 is 6.36 Å². The zero-order chi connectivity index (χ0) is 18.0. The number of benzene rings is 2. The predicted octanol–water partition coefficient (Wildman–Crippen LogP) is 5.40. The number of anilines is 2. The first-order chi connectivity index (χ1) is 11.8. The average Bonchev–Trinajstić information content (AvgIpc) is 2.55. The van der Waals surface area contributed by atoms with Gasteiger partial charge in [0.25, 0.3) is 0 Å². The van der Waals surface area contributed by atoms with Crippen LogP contribution in [-0.4, -0.2) is 16.3 Å². The number of hydrogen-bond donors (Lipinski definition) is 1. The first kappa shape index (κ1) is 17.0. The molecule has 130 valence electrons. The van der Waals surface area contributed by atoms with Crippen LogP contribution in [0.3, 0.4) is 0 Å². The zero-order valence-corrected chi connectivity index (χ0v) is 13.6. The second-order valence-corrected chi connectivity index (χ2v) is 5.80. The van der Waals surface area contributed by atoms with E-state index in [0.717, 1.165) is 10.9 Å². The van der Waals surface area contributed by atoms with Crippen LogP contribution in [-0.2, 0) is 0 Å². The molecular weight excluding hydrogens is 331 g/mol. The third kappa shape index (κ3) is 4.17. The highest BCUT2D eigenvalue weighted by Crippen LogP contribution is 2.28.